The summed E-state index contributed by atoms with van der Waals surface area (Å²) in [6.45, 7) is 1.95. The van der Waals surface area contributed by atoms with Crippen molar-refractivity contribution < 1.29 is 4.79 Å². The molecule has 1 atom stereocenters. The Balaban J connectivity index is 2.76. The molecule has 1 aromatic rings. The second kappa shape index (κ2) is 6.48. The van der Waals surface area contributed by atoms with Crippen molar-refractivity contribution in [2.24, 2.45) is 0 Å². The molecule has 0 fully saturated rings. The van der Waals surface area contributed by atoms with Gasteiger partial charge >= 0.3 is 0 Å². The fourth-order valence-electron chi connectivity index (χ4n) is 1.34. The van der Waals surface area contributed by atoms with E-state index in [1.165, 1.54) is 6.07 Å². The maximum Gasteiger partial charge on any atom is 0.252 e. The van der Waals surface area contributed by atoms with Crippen LogP contribution in [0.3, 0.4) is 0 Å². The van der Waals surface area contributed by atoms with Gasteiger partial charge in [-0.25, -0.2) is 0 Å². The van der Waals surface area contributed by atoms with Crippen LogP contribution in [-0.2, 0) is 0 Å². The van der Waals surface area contributed by atoms with Gasteiger partial charge in [0, 0.05) is 5.56 Å². The minimum absolute atomic E-state index is 0.316. The number of nitrogens with one attached hydrogen (secondary N) is 1. The highest BCUT2D eigenvalue weighted by Gasteiger charge is 2.13. The molecule has 0 saturated heterocycles. The molecule has 0 bridgehead atoms. The predicted octanol–water partition coefficient (Wildman–Crippen LogP) is 3.42. The zero-order valence-corrected chi connectivity index (χ0v) is 10.8. The van der Waals surface area contributed by atoms with Crippen molar-refractivity contribution in [3.63, 3.8) is 0 Å². The molecule has 5 heteroatoms. The molecule has 0 spiro atoms. The first-order valence-electron chi connectivity index (χ1n) is 5.24. The predicted molar refractivity (Wildman–Crippen MR) is 68.2 cm³/mol. The van der Waals surface area contributed by atoms with E-state index < -0.39 is 6.04 Å². The molecule has 17 heavy (non-hydrogen) atoms. The Morgan fingerprint density at radius 1 is 1.47 bits per heavy atom. The molecule has 0 aliphatic carbocycles. The van der Waals surface area contributed by atoms with Crippen LogP contribution in [0.5, 0.6) is 0 Å². The van der Waals surface area contributed by atoms with Gasteiger partial charge in [-0.2, -0.15) is 5.26 Å². The molecule has 90 valence electrons. The summed E-state index contributed by atoms with van der Waals surface area (Å²) < 4.78 is 0. The summed E-state index contributed by atoms with van der Waals surface area (Å²) in [6.07, 6.45) is 1.46. The summed E-state index contributed by atoms with van der Waals surface area (Å²) in [6, 6.07) is 6.18. The van der Waals surface area contributed by atoms with Crippen LogP contribution in [0.2, 0.25) is 10.0 Å². The highest BCUT2D eigenvalue weighted by molar-refractivity contribution is 6.42. The van der Waals surface area contributed by atoms with Gasteiger partial charge in [0.1, 0.15) is 6.04 Å². The van der Waals surface area contributed by atoms with Gasteiger partial charge in [0.2, 0.25) is 0 Å². The quantitative estimate of drug-likeness (QED) is 0.912. The number of carbonyl (C=O) groups is 1. The minimum Gasteiger partial charge on any atom is -0.336 e. The number of benzene rings is 1. The topological polar surface area (TPSA) is 52.9 Å². The van der Waals surface area contributed by atoms with Gasteiger partial charge in [-0.15, -0.1) is 0 Å². The summed E-state index contributed by atoms with van der Waals surface area (Å²) in [4.78, 5) is 11.8. The summed E-state index contributed by atoms with van der Waals surface area (Å²) >= 11 is 11.6. The fourth-order valence-corrected chi connectivity index (χ4v) is 1.63. The van der Waals surface area contributed by atoms with Crippen LogP contribution >= 0.6 is 23.2 Å². The van der Waals surface area contributed by atoms with Crippen molar-refractivity contribution in [1.82, 2.24) is 5.32 Å². The van der Waals surface area contributed by atoms with Crippen molar-refractivity contribution in [2.45, 2.75) is 25.8 Å². The minimum atomic E-state index is -0.470. The molecule has 3 nitrogen and oxygen atoms in total. The van der Waals surface area contributed by atoms with Gasteiger partial charge < -0.3 is 5.32 Å². The van der Waals surface area contributed by atoms with Gasteiger partial charge in [-0.05, 0) is 24.6 Å². The molecule has 0 aliphatic heterocycles. The summed E-state index contributed by atoms with van der Waals surface area (Å²) in [5, 5.41) is 12.2. The molecule has 1 amide bonds. The highest BCUT2D eigenvalue weighted by atomic mass is 35.5. The van der Waals surface area contributed by atoms with Crippen molar-refractivity contribution >= 4 is 29.1 Å². The van der Waals surface area contributed by atoms with Crippen LogP contribution in [-0.4, -0.2) is 11.9 Å². The van der Waals surface area contributed by atoms with E-state index >= 15 is 0 Å². The van der Waals surface area contributed by atoms with E-state index in [-0.39, 0.29) is 5.91 Å². The Morgan fingerprint density at radius 2 is 2.18 bits per heavy atom. The number of hydrogen-bond acceptors (Lipinski definition) is 2. The third kappa shape index (κ3) is 3.92. The average molecular weight is 271 g/mol. The molecule has 1 rings (SSSR count). The standard InChI is InChI=1S/C12H12Cl2N2O/c1-2-3-9(7-15)16-12(17)8-4-5-10(13)11(14)6-8/h4-6,9H,2-3H2,1H3,(H,16,17). The van der Waals surface area contributed by atoms with E-state index in [2.05, 4.69) is 5.32 Å². The smallest absolute Gasteiger partial charge is 0.252 e. The number of amides is 1. The molecule has 0 aromatic heterocycles. The molecule has 0 saturated carbocycles. The first-order chi connectivity index (χ1) is 8.08. The Labute approximate surface area is 110 Å². The maximum atomic E-state index is 11.8. The number of rotatable bonds is 4. The fraction of sp³-hybridized carbons (Fsp3) is 0.333. The molecule has 0 heterocycles. The van der Waals surface area contributed by atoms with Crippen LogP contribution in [0.1, 0.15) is 30.1 Å². The van der Waals surface area contributed by atoms with Gasteiger partial charge in [-0.1, -0.05) is 36.5 Å². The van der Waals surface area contributed by atoms with Crippen LogP contribution in [0.25, 0.3) is 0 Å². The third-order valence-corrected chi connectivity index (χ3v) is 2.96. The Morgan fingerprint density at radius 3 is 2.71 bits per heavy atom. The lowest BCUT2D eigenvalue weighted by atomic mass is 10.1. The van der Waals surface area contributed by atoms with Crippen LogP contribution in [0.4, 0.5) is 0 Å². The molecule has 0 aliphatic rings. The van der Waals surface area contributed by atoms with Gasteiger partial charge in [0.05, 0.1) is 16.1 Å². The second-order valence-corrected chi connectivity index (χ2v) is 4.39. The summed E-state index contributed by atoms with van der Waals surface area (Å²) in [5.41, 5.74) is 0.399. The summed E-state index contributed by atoms with van der Waals surface area (Å²) in [7, 11) is 0. The van der Waals surface area contributed by atoms with E-state index in [1.807, 2.05) is 13.0 Å². The van der Waals surface area contributed by atoms with Crippen LogP contribution in [0.15, 0.2) is 18.2 Å². The molecule has 1 N–H and O–H groups in total. The zero-order chi connectivity index (χ0) is 12.8. The molecule has 0 radical (unpaired) electrons. The second-order valence-electron chi connectivity index (χ2n) is 3.57. The Hall–Kier alpha value is -1.24. The number of carbonyl (C=O) groups excluding carboxylic acids is 1. The van der Waals surface area contributed by atoms with E-state index in [0.29, 0.717) is 22.0 Å². The van der Waals surface area contributed by atoms with Crippen molar-refractivity contribution in [2.75, 3.05) is 0 Å². The largest absolute Gasteiger partial charge is 0.336 e. The molecule has 1 aromatic carbocycles. The Kier molecular flexibility index (Phi) is 5.27. The number of halogens is 2. The first-order valence-corrected chi connectivity index (χ1v) is 5.99. The van der Waals surface area contributed by atoms with Gasteiger partial charge in [0.15, 0.2) is 0 Å². The average Bonchev–Trinajstić information content (AvgIpc) is 2.31. The monoisotopic (exact) mass is 270 g/mol. The van der Waals surface area contributed by atoms with Crippen molar-refractivity contribution in [3.05, 3.63) is 33.8 Å². The normalized spacial score (nSPS) is 11.6. The van der Waals surface area contributed by atoms with Crippen molar-refractivity contribution in [3.8, 4) is 6.07 Å². The summed E-state index contributed by atoms with van der Waals surface area (Å²) in [5.74, 6) is -0.316. The zero-order valence-electron chi connectivity index (χ0n) is 9.34. The van der Waals surface area contributed by atoms with Crippen molar-refractivity contribution in [1.29, 1.82) is 5.26 Å². The van der Waals surface area contributed by atoms with Crippen LogP contribution < -0.4 is 5.32 Å². The molecule has 1 unspecified atom stereocenters. The molecular formula is C12H12Cl2N2O. The highest BCUT2D eigenvalue weighted by Crippen LogP contribution is 2.22. The van der Waals surface area contributed by atoms with E-state index in [1.54, 1.807) is 12.1 Å². The SMILES string of the molecule is CCCC(C#N)NC(=O)c1ccc(Cl)c(Cl)c1. The van der Waals surface area contributed by atoms with E-state index in [9.17, 15) is 4.79 Å². The van der Waals surface area contributed by atoms with Gasteiger partial charge in [-0.3, -0.25) is 4.79 Å². The number of nitriles is 1. The number of hydrogen-bond donors (Lipinski definition) is 1. The lowest BCUT2D eigenvalue weighted by Crippen LogP contribution is -2.33. The van der Waals surface area contributed by atoms with E-state index in [4.69, 9.17) is 28.5 Å². The third-order valence-electron chi connectivity index (χ3n) is 2.22. The maximum absolute atomic E-state index is 11.8. The van der Waals surface area contributed by atoms with E-state index in [0.717, 1.165) is 6.42 Å². The lowest BCUT2D eigenvalue weighted by Gasteiger charge is -2.10. The number of nitrogens with zero attached hydrogens (tertiary/aromatic N) is 1. The Bertz CT molecular complexity index is 454. The molecular weight excluding hydrogens is 259 g/mol. The van der Waals surface area contributed by atoms with Crippen LogP contribution in [0, 0.1) is 11.3 Å². The lowest BCUT2D eigenvalue weighted by molar-refractivity contribution is 0.0944. The first kappa shape index (κ1) is 13.8. The van der Waals surface area contributed by atoms with Gasteiger partial charge in [0.25, 0.3) is 5.91 Å².